The number of benzene rings is 2. The number of likely N-dealkylation sites (N-methyl/N-ethyl adjacent to an activating group) is 1. The molecule has 0 heterocycles. The Labute approximate surface area is 180 Å². The summed E-state index contributed by atoms with van der Waals surface area (Å²) >= 11 is 0. The summed E-state index contributed by atoms with van der Waals surface area (Å²) in [6.45, 7) is 6.90. The van der Waals surface area contributed by atoms with Gasteiger partial charge in [-0.3, -0.25) is 9.59 Å². The molecule has 0 radical (unpaired) electrons. The minimum absolute atomic E-state index is 0.0107. The summed E-state index contributed by atoms with van der Waals surface area (Å²) in [7, 11) is 1.63. The third kappa shape index (κ3) is 6.61. The van der Waals surface area contributed by atoms with Crippen molar-refractivity contribution in [2.75, 3.05) is 13.7 Å². The quantitative estimate of drug-likeness (QED) is 0.606. The van der Waals surface area contributed by atoms with E-state index < -0.39 is 6.04 Å². The maximum absolute atomic E-state index is 13.2. The number of rotatable bonds is 11. The number of methoxy groups -OCH3 is 1. The Hall–Kier alpha value is -2.82. The largest absolute Gasteiger partial charge is 0.497 e. The van der Waals surface area contributed by atoms with Crippen molar-refractivity contribution >= 4 is 11.8 Å². The number of hydrogen-bond donors (Lipinski definition) is 1. The fourth-order valence-corrected chi connectivity index (χ4v) is 3.48. The van der Waals surface area contributed by atoms with Crippen LogP contribution in [0.5, 0.6) is 5.75 Å². The lowest BCUT2D eigenvalue weighted by atomic mass is 10.0. The molecule has 0 bridgehead atoms. The van der Waals surface area contributed by atoms with Crippen molar-refractivity contribution in [3.05, 3.63) is 65.2 Å². The van der Waals surface area contributed by atoms with Crippen molar-refractivity contribution in [1.29, 1.82) is 0 Å². The molecule has 30 heavy (non-hydrogen) atoms. The number of ether oxygens (including phenoxy) is 1. The van der Waals surface area contributed by atoms with E-state index in [1.165, 1.54) is 5.56 Å². The van der Waals surface area contributed by atoms with Crippen LogP contribution in [0.15, 0.2) is 48.5 Å². The van der Waals surface area contributed by atoms with Crippen LogP contribution in [0.4, 0.5) is 0 Å². The zero-order valence-corrected chi connectivity index (χ0v) is 18.6. The van der Waals surface area contributed by atoms with E-state index in [0.29, 0.717) is 32.4 Å². The minimum Gasteiger partial charge on any atom is -0.497 e. The summed E-state index contributed by atoms with van der Waals surface area (Å²) in [4.78, 5) is 27.5. The van der Waals surface area contributed by atoms with E-state index in [2.05, 4.69) is 36.5 Å². The number of nitrogens with one attached hydrogen (secondary N) is 1. The van der Waals surface area contributed by atoms with E-state index >= 15 is 0 Å². The molecular formula is C25H34N2O3. The first kappa shape index (κ1) is 23.5. The van der Waals surface area contributed by atoms with E-state index in [4.69, 9.17) is 4.74 Å². The lowest BCUT2D eigenvalue weighted by Crippen LogP contribution is -2.49. The molecule has 2 aromatic carbocycles. The van der Waals surface area contributed by atoms with E-state index in [-0.39, 0.29) is 11.8 Å². The van der Waals surface area contributed by atoms with Crippen molar-refractivity contribution in [1.82, 2.24) is 10.2 Å². The van der Waals surface area contributed by atoms with E-state index in [1.54, 1.807) is 12.0 Å². The molecule has 2 rings (SSSR count). The Balaban J connectivity index is 2.16. The molecule has 0 aliphatic heterocycles. The Bertz CT molecular complexity index is 800. The predicted molar refractivity (Wildman–Crippen MR) is 120 cm³/mol. The molecule has 2 amide bonds. The summed E-state index contributed by atoms with van der Waals surface area (Å²) in [5, 5.41) is 2.87. The third-order valence-corrected chi connectivity index (χ3v) is 5.31. The topological polar surface area (TPSA) is 58.6 Å². The van der Waals surface area contributed by atoms with Crippen LogP contribution in [0, 0.1) is 0 Å². The number of nitrogens with zero attached hydrogens (tertiary/aromatic N) is 1. The van der Waals surface area contributed by atoms with Crippen molar-refractivity contribution in [3.63, 3.8) is 0 Å². The number of aryl methyl sites for hydroxylation is 2. The number of hydrogen-bond acceptors (Lipinski definition) is 3. The van der Waals surface area contributed by atoms with Gasteiger partial charge in [-0.15, -0.1) is 0 Å². The zero-order chi connectivity index (χ0) is 21.9. The molecule has 1 N–H and O–H groups in total. The van der Waals surface area contributed by atoms with Gasteiger partial charge in [0, 0.05) is 19.5 Å². The van der Waals surface area contributed by atoms with Crippen LogP contribution in [0.25, 0.3) is 0 Å². The Morgan fingerprint density at radius 3 is 2.07 bits per heavy atom. The monoisotopic (exact) mass is 410 g/mol. The molecule has 0 saturated carbocycles. The molecule has 0 fully saturated rings. The second-order valence-corrected chi connectivity index (χ2v) is 7.36. The van der Waals surface area contributed by atoms with Crippen LogP contribution in [-0.4, -0.2) is 36.4 Å². The molecule has 162 valence electrons. The molecular weight excluding hydrogens is 376 g/mol. The molecule has 0 aliphatic carbocycles. The molecule has 2 aromatic rings. The van der Waals surface area contributed by atoms with E-state index in [9.17, 15) is 9.59 Å². The molecule has 0 aromatic heterocycles. The second-order valence-electron chi connectivity index (χ2n) is 7.36. The maximum Gasteiger partial charge on any atom is 0.242 e. The Kier molecular flexibility index (Phi) is 9.39. The van der Waals surface area contributed by atoms with Crippen LogP contribution < -0.4 is 10.1 Å². The summed E-state index contributed by atoms with van der Waals surface area (Å²) < 4.78 is 5.22. The van der Waals surface area contributed by atoms with Gasteiger partial charge in [0.25, 0.3) is 0 Å². The van der Waals surface area contributed by atoms with Crippen molar-refractivity contribution in [2.24, 2.45) is 0 Å². The van der Waals surface area contributed by atoms with Gasteiger partial charge in [0.2, 0.25) is 11.8 Å². The molecule has 0 saturated heterocycles. The van der Waals surface area contributed by atoms with E-state index in [0.717, 1.165) is 23.3 Å². The van der Waals surface area contributed by atoms with Gasteiger partial charge in [-0.05, 0) is 55.0 Å². The fourth-order valence-electron chi connectivity index (χ4n) is 3.48. The van der Waals surface area contributed by atoms with Crippen LogP contribution in [-0.2, 0) is 29.0 Å². The van der Waals surface area contributed by atoms with Gasteiger partial charge in [0.05, 0.1) is 7.11 Å². The normalized spacial score (nSPS) is 11.6. The van der Waals surface area contributed by atoms with Gasteiger partial charge < -0.3 is 15.0 Å². The van der Waals surface area contributed by atoms with Gasteiger partial charge >= 0.3 is 0 Å². The van der Waals surface area contributed by atoms with Gasteiger partial charge in [-0.1, -0.05) is 50.2 Å². The standard InChI is InChI=1S/C25H34N2O3/c1-5-19-8-10-20(11-9-19)14-17-24(28)27(23(6-2)25(29)26-7-3)18-21-12-15-22(30-4)16-13-21/h8-13,15-16,23H,5-7,14,17-18H2,1-4H3,(H,26,29). The van der Waals surface area contributed by atoms with Crippen LogP contribution >= 0.6 is 0 Å². The summed E-state index contributed by atoms with van der Waals surface area (Å²) in [5.74, 6) is 0.653. The van der Waals surface area contributed by atoms with Crippen LogP contribution in [0.3, 0.4) is 0 Å². The maximum atomic E-state index is 13.2. The Morgan fingerprint density at radius 1 is 0.933 bits per heavy atom. The van der Waals surface area contributed by atoms with Gasteiger partial charge in [-0.25, -0.2) is 0 Å². The van der Waals surface area contributed by atoms with Crippen LogP contribution in [0.2, 0.25) is 0 Å². The molecule has 5 heteroatoms. The zero-order valence-electron chi connectivity index (χ0n) is 18.6. The Morgan fingerprint density at radius 2 is 1.53 bits per heavy atom. The minimum atomic E-state index is -0.484. The fraction of sp³-hybridized carbons (Fsp3) is 0.440. The number of amides is 2. The highest BCUT2D eigenvalue weighted by atomic mass is 16.5. The summed E-state index contributed by atoms with van der Waals surface area (Å²) in [6.07, 6.45) is 2.60. The van der Waals surface area contributed by atoms with Gasteiger partial charge in [0.15, 0.2) is 0 Å². The van der Waals surface area contributed by atoms with Crippen molar-refractivity contribution in [3.8, 4) is 5.75 Å². The predicted octanol–water partition coefficient (Wildman–Crippen LogP) is 4.13. The summed E-state index contributed by atoms with van der Waals surface area (Å²) in [5.41, 5.74) is 3.39. The lowest BCUT2D eigenvalue weighted by molar-refractivity contribution is -0.141. The first-order valence-electron chi connectivity index (χ1n) is 10.8. The van der Waals surface area contributed by atoms with Crippen molar-refractivity contribution in [2.45, 2.75) is 59.0 Å². The summed E-state index contributed by atoms with van der Waals surface area (Å²) in [6, 6.07) is 15.5. The van der Waals surface area contributed by atoms with Gasteiger partial charge in [0.1, 0.15) is 11.8 Å². The first-order valence-corrected chi connectivity index (χ1v) is 10.8. The highest BCUT2D eigenvalue weighted by molar-refractivity contribution is 5.87. The average Bonchev–Trinajstić information content (AvgIpc) is 2.78. The number of carbonyl (C=O) groups excluding carboxylic acids is 2. The highest BCUT2D eigenvalue weighted by Gasteiger charge is 2.28. The molecule has 5 nitrogen and oxygen atoms in total. The van der Waals surface area contributed by atoms with E-state index in [1.807, 2.05) is 38.1 Å². The van der Waals surface area contributed by atoms with Crippen molar-refractivity contribution < 1.29 is 14.3 Å². The lowest BCUT2D eigenvalue weighted by Gasteiger charge is -2.30. The average molecular weight is 411 g/mol. The second kappa shape index (κ2) is 12.0. The molecule has 0 spiro atoms. The first-order chi connectivity index (χ1) is 14.5. The molecule has 1 unspecified atom stereocenters. The van der Waals surface area contributed by atoms with Crippen LogP contribution in [0.1, 0.15) is 50.3 Å². The third-order valence-electron chi connectivity index (χ3n) is 5.31. The highest BCUT2D eigenvalue weighted by Crippen LogP contribution is 2.18. The molecule has 1 atom stereocenters. The van der Waals surface area contributed by atoms with Gasteiger partial charge in [-0.2, -0.15) is 0 Å². The smallest absolute Gasteiger partial charge is 0.242 e. The number of carbonyl (C=O) groups is 2. The molecule has 0 aliphatic rings. The SMILES string of the molecule is CCNC(=O)C(CC)N(Cc1ccc(OC)cc1)C(=O)CCc1ccc(CC)cc1.